The average Bonchev–Trinajstić information content (AvgIpc) is 2.44. The Hall–Kier alpha value is -1.69. The molecule has 118 valence electrons. The predicted molar refractivity (Wildman–Crippen MR) is 71.4 cm³/mol. The van der Waals surface area contributed by atoms with E-state index in [1.165, 1.54) is 18.2 Å². The van der Waals surface area contributed by atoms with E-state index in [9.17, 15) is 26.3 Å². The number of alkyl halides is 7. The summed E-state index contributed by atoms with van der Waals surface area (Å²) in [5.41, 5.74) is -2.26. The summed E-state index contributed by atoms with van der Waals surface area (Å²) in [5.74, 6) is -0.448. The maximum absolute atomic E-state index is 13.0. The normalized spacial score (nSPS) is 12.5. The molecule has 0 spiro atoms. The van der Waals surface area contributed by atoms with Gasteiger partial charge in [-0.1, -0.05) is 24.3 Å². The molecule has 0 aliphatic carbocycles. The van der Waals surface area contributed by atoms with Crippen LogP contribution in [-0.2, 0) is 18.2 Å². The molecule has 0 aliphatic rings. The molecule has 0 radical (unpaired) electrons. The summed E-state index contributed by atoms with van der Waals surface area (Å²) in [6.45, 7) is 0. The van der Waals surface area contributed by atoms with Gasteiger partial charge in [-0.15, -0.1) is 11.6 Å². The zero-order valence-electron chi connectivity index (χ0n) is 10.9. The molecule has 2 aromatic carbocycles. The van der Waals surface area contributed by atoms with E-state index in [1.54, 1.807) is 0 Å². The van der Waals surface area contributed by atoms with Crippen molar-refractivity contribution in [3.8, 4) is 11.1 Å². The van der Waals surface area contributed by atoms with Crippen LogP contribution in [0.4, 0.5) is 26.3 Å². The van der Waals surface area contributed by atoms with Crippen LogP contribution < -0.4 is 0 Å². The zero-order chi connectivity index (χ0) is 16.5. The minimum absolute atomic E-state index is 0.0385. The fraction of sp³-hybridized carbons (Fsp3) is 0.200. The fourth-order valence-electron chi connectivity index (χ4n) is 2.13. The first-order chi connectivity index (χ1) is 10.1. The van der Waals surface area contributed by atoms with Gasteiger partial charge in [0.05, 0.1) is 11.1 Å². The lowest BCUT2D eigenvalue weighted by Gasteiger charge is -2.16. The topological polar surface area (TPSA) is 0 Å². The second kappa shape index (κ2) is 5.83. The molecule has 0 amide bonds. The van der Waals surface area contributed by atoms with Crippen molar-refractivity contribution in [2.24, 2.45) is 0 Å². The van der Waals surface area contributed by atoms with Gasteiger partial charge < -0.3 is 0 Å². The highest BCUT2D eigenvalue weighted by Crippen LogP contribution is 2.39. The van der Waals surface area contributed by atoms with Gasteiger partial charge in [0.25, 0.3) is 0 Å². The molecule has 2 rings (SSSR count). The molecular formula is C15H9ClF6. The Kier molecular flexibility index (Phi) is 4.42. The largest absolute Gasteiger partial charge is 0.417 e. The van der Waals surface area contributed by atoms with Crippen molar-refractivity contribution in [2.45, 2.75) is 18.2 Å². The number of rotatable bonds is 2. The van der Waals surface area contributed by atoms with E-state index in [2.05, 4.69) is 0 Å². The van der Waals surface area contributed by atoms with E-state index in [4.69, 9.17) is 11.6 Å². The van der Waals surface area contributed by atoms with E-state index in [1.807, 2.05) is 0 Å². The van der Waals surface area contributed by atoms with Crippen LogP contribution in [0.5, 0.6) is 0 Å². The number of halogens is 7. The van der Waals surface area contributed by atoms with Gasteiger partial charge in [0, 0.05) is 5.88 Å². The van der Waals surface area contributed by atoms with Crippen molar-refractivity contribution in [3.05, 3.63) is 59.2 Å². The molecule has 7 heteroatoms. The predicted octanol–water partition coefficient (Wildman–Crippen LogP) is 6.13. The lowest BCUT2D eigenvalue weighted by atomic mass is 9.96. The lowest BCUT2D eigenvalue weighted by Crippen LogP contribution is -2.09. The molecule has 0 heterocycles. The zero-order valence-corrected chi connectivity index (χ0v) is 11.7. The first-order valence-corrected chi connectivity index (χ1v) is 6.60. The quantitative estimate of drug-likeness (QED) is 0.456. The smallest absolute Gasteiger partial charge is 0.166 e. The summed E-state index contributed by atoms with van der Waals surface area (Å²) in [4.78, 5) is 0. The molecule has 0 aliphatic heterocycles. The van der Waals surface area contributed by atoms with E-state index >= 15 is 0 Å². The first kappa shape index (κ1) is 16.7. The van der Waals surface area contributed by atoms with Gasteiger partial charge in [0.1, 0.15) is 0 Å². The Balaban J connectivity index is 2.61. The Bertz CT molecular complexity index is 672. The Morgan fingerprint density at radius 2 is 1.36 bits per heavy atom. The van der Waals surface area contributed by atoms with Crippen LogP contribution in [0.3, 0.4) is 0 Å². The van der Waals surface area contributed by atoms with Crippen LogP contribution in [-0.4, -0.2) is 0 Å². The molecule has 0 atom stereocenters. The van der Waals surface area contributed by atoms with Crippen molar-refractivity contribution in [1.29, 1.82) is 0 Å². The summed E-state index contributed by atoms with van der Waals surface area (Å²) < 4.78 is 77.3. The van der Waals surface area contributed by atoms with Crippen LogP contribution in [0.2, 0.25) is 0 Å². The fourth-order valence-corrected chi connectivity index (χ4v) is 2.35. The number of hydrogen-bond donors (Lipinski definition) is 0. The van der Waals surface area contributed by atoms with Gasteiger partial charge in [0.15, 0.2) is 0 Å². The minimum Gasteiger partial charge on any atom is -0.166 e. The SMILES string of the molecule is FC(F)(F)c1ccc(-c2ccccc2C(F)(F)F)cc1CCl. The van der Waals surface area contributed by atoms with Crippen molar-refractivity contribution in [2.75, 3.05) is 0 Å². The van der Waals surface area contributed by atoms with Crippen molar-refractivity contribution in [1.82, 2.24) is 0 Å². The molecule has 22 heavy (non-hydrogen) atoms. The summed E-state index contributed by atoms with van der Waals surface area (Å²) in [6, 6.07) is 7.52. The van der Waals surface area contributed by atoms with Crippen molar-refractivity contribution >= 4 is 11.6 Å². The second-order valence-corrected chi connectivity index (χ2v) is 4.81. The minimum atomic E-state index is -4.60. The van der Waals surface area contributed by atoms with Gasteiger partial charge in [-0.05, 0) is 34.9 Å². The van der Waals surface area contributed by atoms with Gasteiger partial charge in [-0.2, -0.15) is 26.3 Å². The standard InChI is InChI=1S/C15H9ClF6/c16-8-10-7-9(5-6-12(10)14(17,18)19)11-3-1-2-4-13(11)15(20,21)22/h1-7H,8H2. The van der Waals surface area contributed by atoms with Crippen LogP contribution in [0.25, 0.3) is 11.1 Å². The summed E-state index contributed by atoms with van der Waals surface area (Å²) in [5, 5.41) is 0. The van der Waals surface area contributed by atoms with Crippen LogP contribution >= 0.6 is 11.6 Å². The molecule has 0 aromatic heterocycles. The Labute approximate surface area is 127 Å². The maximum Gasteiger partial charge on any atom is 0.417 e. The lowest BCUT2D eigenvalue weighted by molar-refractivity contribution is -0.138. The number of benzene rings is 2. The van der Waals surface area contributed by atoms with Gasteiger partial charge in [0.2, 0.25) is 0 Å². The molecule has 0 saturated heterocycles. The highest BCUT2D eigenvalue weighted by molar-refractivity contribution is 6.17. The first-order valence-electron chi connectivity index (χ1n) is 6.07. The third-order valence-electron chi connectivity index (χ3n) is 3.10. The van der Waals surface area contributed by atoms with E-state index in [0.717, 1.165) is 24.3 Å². The van der Waals surface area contributed by atoms with Gasteiger partial charge in [-0.25, -0.2) is 0 Å². The van der Waals surface area contributed by atoms with Crippen molar-refractivity contribution < 1.29 is 26.3 Å². The molecule has 2 aromatic rings. The van der Waals surface area contributed by atoms with Crippen LogP contribution in [0, 0.1) is 0 Å². The van der Waals surface area contributed by atoms with Gasteiger partial charge >= 0.3 is 12.4 Å². The van der Waals surface area contributed by atoms with Crippen molar-refractivity contribution in [3.63, 3.8) is 0 Å². The highest BCUT2D eigenvalue weighted by Gasteiger charge is 2.35. The van der Waals surface area contributed by atoms with Crippen LogP contribution in [0.15, 0.2) is 42.5 Å². The average molecular weight is 339 g/mol. The summed E-state index contributed by atoms with van der Waals surface area (Å²) >= 11 is 5.51. The molecule has 0 saturated carbocycles. The Morgan fingerprint density at radius 1 is 0.773 bits per heavy atom. The second-order valence-electron chi connectivity index (χ2n) is 4.55. The molecule has 0 N–H and O–H groups in total. The van der Waals surface area contributed by atoms with E-state index in [0.29, 0.717) is 0 Å². The van der Waals surface area contributed by atoms with E-state index in [-0.39, 0.29) is 16.7 Å². The molecule has 0 unspecified atom stereocenters. The monoisotopic (exact) mass is 338 g/mol. The third-order valence-corrected chi connectivity index (χ3v) is 3.39. The summed E-state index contributed by atoms with van der Waals surface area (Å²) in [6.07, 6.45) is -9.20. The highest BCUT2D eigenvalue weighted by atomic mass is 35.5. The van der Waals surface area contributed by atoms with Gasteiger partial charge in [-0.3, -0.25) is 0 Å². The summed E-state index contributed by atoms with van der Waals surface area (Å²) in [7, 11) is 0. The molecular weight excluding hydrogens is 330 g/mol. The maximum atomic E-state index is 13.0. The molecule has 0 nitrogen and oxygen atoms in total. The molecule has 0 bridgehead atoms. The molecule has 0 fully saturated rings. The number of hydrogen-bond acceptors (Lipinski definition) is 0. The van der Waals surface area contributed by atoms with E-state index < -0.39 is 29.4 Å². The van der Waals surface area contributed by atoms with Crippen LogP contribution in [0.1, 0.15) is 16.7 Å². The Morgan fingerprint density at radius 3 is 1.91 bits per heavy atom. The third kappa shape index (κ3) is 3.38.